The van der Waals surface area contributed by atoms with Crippen molar-refractivity contribution in [2.24, 2.45) is 5.41 Å². The van der Waals surface area contributed by atoms with E-state index in [0.717, 1.165) is 44.5 Å². The smallest absolute Gasteiger partial charge is 0.408 e. The van der Waals surface area contributed by atoms with Gasteiger partial charge in [0, 0.05) is 25.2 Å². The van der Waals surface area contributed by atoms with Gasteiger partial charge >= 0.3 is 5.76 Å². The Balaban J connectivity index is 1.18. The molecule has 0 unspecified atom stereocenters. The number of H-pyrrole nitrogens is 1. The molecule has 4 aromatic rings. The second kappa shape index (κ2) is 8.35. The molecule has 3 aliphatic rings. The first-order valence-electron chi connectivity index (χ1n) is 11.7. The minimum Gasteiger partial charge on any atom is -0.408 e. The second-order valence-corrected chi connectivity index (χ2v) is 9.43. The van der Waals surface area contributed by atoms with Gasteiger partial charge in [0.05, 0.1) is 11.7 Å². The normalized spacial score (nSPS) is 21.4. The Morgan fingerprint density at radius 3 is 2.66 bits per heavy atom. The highest BCUT2D eigenvalue weighted by Gasteiger charge is 2.39. The monoisotopic (exact) mass is 475 g/mol. The van der Waals surface area contributed by atoms with Crippen LogP contribution in [-0.4, -0.2) is 62.5 Å². The maximum absolute atomic E-state index is 13.2. The highest BCUT2D eigenvalue weighted by molar-refractivity contribution is 5.98. The van der Waals surface area contributed by atoms with E-state index in [1.54, 1.807) is 30.5 Å². The van der Waals surface area contributed by atoms with Crippen LogP contribution in [0.25, 0.3) is 16.7 Å². The minimum atomic E-state index is -0.529. The predicted molar refractivity (Wildman–Crippen MR) is 126 cm³/mol. The van der Waals surface area contributed by atoms with Crippen LogP contribution in [0.4, 0.5) is 0 Å². The number of amides is 2. The van der Waals surface area contributed by atoms with Crippen molar-refractivity contribution < 1.29 is 14.0 Å². The van der Waals surface area contributed by atoms with Crippen molar-refractivity contribution in [3.05, 3.63) is 64.0 Å². The van der Waals surface area contributed by atoms with E-state index in [2.05, 4.69) is 30.6 Å². The van der Waals surface area contributed by atoms with Gasteiger partial charge in [-0.25, -0.2) is 14.3 Å². The van der Waals surface area contributed by atoms with Crippen molar-refractivity contribution in [2.45, 2.75) is 25.8 Å². The summed E-state index contributed by atoms with van der Waals surface area (Å²) in [5.41, 5.74) is 2.77. The van der Waals surface area contributed by atoms with Crippen LogP contribution < -0.4 is 16.4 Å². The molecule has 1 aromatic carbocycles. The molecule has 0 aliphatic carbocycles. The lowest BCUT2D eigenvalue weighted by Gasteiger charge is -2.48. The maximum atomic E-state index is 13.2. The number of oxazole rings is 1. The molecule has 0 saturated carbocycles. The fraction of sp³-hybridized carbons (Fsp3) is 0.375. The van der Waals surface area contributed by atoms with Crippen molar-refractivity contribution in [3.63, 3.8) is 0 Å². The maximum Gasteiger partial charge on any atom is 0.417 e. The molecule has 0 spiro atoms. The number of fused-ring (bicyclic) bond motifs is 5. The lowest BCUT2D eigenvalue weighted by Crippen LogP contribution is -2.52. The largest absolute Gasteiger partial charge is 0.417 e. The van der Waals surface area contributed by atoms with Gasteiger partial charge in [-0.05, 0) is 62.0 Å². The van der Waals surface area contributed by atoms with E-state index < -0.39 is 11.7 Å². The van der Waals surface area contributed by atoms with Gasteiger partial charge in [-0.1, -0.05) is 6.07 Å². The van der Waals surface area contributed by atoms with Gasteiger partial charge in [-0.3, -0.25) is 14.6 Å². The number of nitrogens with one attached hydrogen (secondary N) is 3. The van der Waals surface area contributed by atoms with Crippen molar-refractivity contribution >= 4 is 28.6 Å². The summed E-state index contributed by atoms with van der Waals surface area (Å²) in [6, 6.07) is 8.31. The number of piperidine rings is 3. The summed E-state index contributed by atoms with van der Waals surface area (Å²) >= 11 is 0. The Kier molecular flexibility index (Phi) is 5.14. The molecule has 3 saturated heterocycles. The van der Waals surface area contributed by atoms with Gasteiger partial charge in [-0.2, -0.15) is 5.10 Å². The number of benzene rings is 1. The van der Waals surface area contributed by atoms with Gasteiger partial charge in [0.2, 0.25) is 0 Å². The van der Waals surface area contributed by atoms with E-state index in [9.17, 15) is 14.4 Å². The van der Waals surface area contributed by atoms with Crippen LogP contribution in [0.2, 0.25) is 0 Å². The zero-order chi connectivity index (χ0) is 24.0. The fourth-order valence-electron chi connectivity index (χ4n) is 5.09. The summed E-state index contributed by atoms with van der Waals surface area (Å²) in [7, 11) is 0. The SMILES string of the molecule is O=C(NCc1ccc2oc(=O)[nH]c2c1)c1cc(C(=O)NCC23CCN(CC2)CC3)n2nccc2n1. The Labute approximate surface area is 199 Å². The summed E-state index contributed by atoms with van der Waals surface area (Å²) in [5.74, 6) is -1.22. The first-order valence-corrected chi connectivity index (χ1v) is 11.7. The fourth-order valence-corrected chi connectivity index (χ4v) is 5.09. The zero-order valence-corrected chi connectivity index (χ0v) is 19.0. The Hall–Kier alpha value is -3.99. The molecule has 11 heteroatoms. The first kappa shape index (κ1) is 21.5. The highest BCUT2D eigenvalue weighted by Crippen LogP contribution is 2.39. The molecule has 0 radical (unpaired) electrons. The predicted octanol–water partition coefficient (Wildman–Crippen LogP) is 1.31. The van der Waals surface area contributed by atoms with Crippen LogP contribution in [0.1, 0.15) is 45.8 Å². The first-order chi connectivity index (χ1) is 17.0. The van der Waals surface area contributed by atoms with E-state index in [-0.39, 0.29) is 29.3 Å². The van der Waals surface area contributed by atoms with E-state index in [1.165, 1.54) is 10.6 Å². The van der Waals surface area contributed by atoms with Gasteiger partial charge in [0.1, 0.15) is 11.4 Å². The molecule has 11 nitrogen and oxygen atoms in total. The number of hydrogen-bond acceptors (Lipinski definition) is 7. The van der Waals surface area contributed by atoms with Crippen LogP contribution in [0.5, 0.6) is 0 Å². The van der Waals surface area contributed by atoms with Gasteiger partial charge in [0.15, 0.2) is 11.2 Å². The van der Waals surface area contributed by atoms with Crippen molar-refractivity contribution in [1.29, 1.82) is 0 Å². The molecule has 2 bridgehead atoms. The summed E-state index contributed by atoms with van der Waals surface area (Å²) in [6.07, 6.45) is 4.82. The third-order valence-electron chi connectivity index (χ3n) is 7.26. The quantitative estimate of drug-likeness (QED) is 0.382. The Bertz CT molecular complexity index is 1480. The lowest BCUT2D eigenvalue weighted by molar-refractivity contribution is 0.0261. The third-order valence-corrected chi connectivity index (χ3v) is 7.26. The number of rotatable bonds is 6. The standard InChI is InChI=1S/C24H25N7O4/c32-21(25-13-15-1-2-19-16(11-15)29-23(34)35-19)17-12-18(31-20(28-17)3-7-27-31)22(33)26-14-24-4-8-30(9-5-24)10-6-24/h1-3,7,11-12H,4-6,8-10,13-14H2,(H,25,32)(H,26,33)(H,29,34). The molecule has 6 heterocycles. The van der Waals surface area contributed by atoms with Crippen LogP contribution in [0.15, 0.2) is 45.7 Å². The lowest BCUT2D eigenvalue weighted by atomic mass is 9.72. The van der Waals surface area contributed by atoms with Crippen LogP contribution in [0.3, 0.4) is 0 Å². The number of aromatic nitrogens is 4. The number of carbonyl (C=O) groups is 2. The van der Waals surface area contributed by atoms with E-state index in [0.29, 0.717) is 23.3 Å². The topological polar surface area (TPSA) is 138 Å². The molecule has 35 heavy (non-hydrogen) atoms. The molecule has 3 fully saturated rings. The number of hydrogen-bond donors (Lipinski definition) is 3. The van der Waals surface area contributed by atoms with Crippen molar-refractivity contribution in [1.82, 2.24) is 35.1 Å². The molecular weight excluding hydrogens is 450 g/mol. The van der Waals surface area contributed by atoms with Crippen LogP contribution in [0, 0.1) is 5.41 Å². The summed E-state index contributed by atoms with van der Waals surface area (Å²) < 4.78 is 6.46. The molecule has 2 amide bonds. The molecule has 0 atom stereocenters. The molecule has 3 aromatic heterocycles. The van der Waals surface area contributed by atoms with Crippen LogP contribution in [-0.2, 0) is 6.54 Å². The summed E-state index contributed by atoms with van der Waals surface area (Å²) in [6.45, 7) is 4.09. The van der Waals surface area contributed by atoms with Crippen LogP contribution >= 0.6 is 0 Å². The van der Waals surface area contributed by atoms with Gasteiger partial charge in [0.25, 0.3) is 11.8 Å². The second-order valence-electron chi connectivity index (χ2n) is 9.43. The Morgan fingerprint density at radius 1 is 1.06 bits per heavy atom. The third kappa shape index (κ3) is 4.08. The number of nitrogens with zero attached hydrogens (tertiary/aromatic N) is 4. The van der Waals surface area contributed by atoms with Gasteiger partial charge in [-0.15, -0.1) is 0 Å². The molecule has 3 aliphatic heterocycles. The average Bonchev–Trinajstić information content (AvgIpc) is 3.51. The van der Waals surface area contributed by atoms with Crippen molar-refractivity contribution in [3.8, 4) is 0 Å². The van der Waals surface area contributed by atoms with E-state index >= 15 is 0 Å². The highest BCUT2D eigenvalue weighted by atomic mass is 16.4. The van der Waals surface area contributed by atoms with Crippen molar-refractivity contribution in [2.75, 3.05) is 26.2 Å². The Morgan fingerprint density at radius 2 is 1.86 bits per heavy atom. The zero-order valence-electron chi connectivity index (χ0n) is 19.0. The molecule has 180 valence electrons. The average molecular weight is 476 g/mol. The number of aromatic amines is 1. The minimum absolute atomic E-state index is 0.130. The molecule has 7 rings (SSSR count). The van der Waals surface area contributed by atoms with E-state index in [4.69, 9.17) is 4.42 Å². The summed E-state index contributed by atoms with van der Waals surface area (Å²) in [4.78, 5) is 46.9. The molecule has 3 N–H and O–H groups in total. The molecular formula is C24H25N7O4. The number of carbonyl (C=O) groups excluding carboxylic acids is 2. The van der Waals surface area contributed by atoms with Gasteiger partial charge < -0.3 is 20.0 Å². The van der Waals surface area contributed by atoms with E-state index in [1.807, 2.05) is 0 Å². The summed E-state index contributed by atoms with van der Waals surface area (Å²) in [5, 5.41) is 10.1.